The van der Waals surface area contributed by atoms with Crippen molar-refractivity contribution in [1.29, 1.82) is 0 Å². The van der Waals surface area contributed by atoms with Crippen molar-refractivity contribution in [3.8, 4) is 0 Å². The Morgan fingerprint density at radius 2 is 2.12 bits per heavy atom. The lowest BCUT2D eigenvalue weighted by Gasteiger charge is -2.12. The Morgan fingerprint density at radius 1 is 1.41 bits per heavy atom. The van der Waals surface area contributed by atoms with E-state index in [1.807, 2.05) is 13.8 Å². The molecule has 0 aromatic rings. The van der Waals surface area contributed by atoms with Gasteiger partial charge in [0.05, 0.1) is 32.0 Å². The average Bonchev–Trinajstić information content (AvgIpc) is 2.23. The van der Waals surface area contributed by atoms with E-state index < -0.39 is 12.0 Å². The molecule has 1 amide bonds. The Bertz CT molecular complexity index is 201. The maximum atomic E-state index is 10.3. The first kappa shape index (κ1) is 16.3. The van der Waals surface area contributed by atoms with Crippen molar-refractivity contribution >= 4 is 5.91 Å². The quantitative estimate of drug-likeness (QED) is 0.314. The number of hydroxylamine groups is 1. The van der Waals surface area contributed by atoms with Crippen molar-refractivity contribution in [3.05, 3.63) is 0 Å². The number of carbonyl (C=O) groups is 1. The highest BCUT2D eigenvalue weighted by molar-refractivity contribution is 5.74. The first-order valence-corrected chi connectivity index (χ1v) is 5.52. The van der Waals surface area contributed by atoms with Crippen LogP contribution in [0.1, 0.15) is 13.8 Å². The third kappa shape index (κ3) is 13.2. The fourth-order valence-corrected chi connectivity index (χ4v) is 0.898. The molecule has 1 unspecified atom stereocenters. The summed E-state index contributed by atoms with van der Waals surface area (Å²) in [4.78, 5) is 15.0. The molecule has 0 bridgehead atoms. The van der Waals surface area contributed by atoms with E-state index in [0.717, 1.165) is 0 Å². The highest BCUT2D eigenvalue weighted by Gasteiger charge is 2.04. The third-order valence-corrected chi connectivity index (χ3v) is 1.62. The van der Waals surface area contributed by atoms with Crippen LogP contribution in [0.4, 0.5) is 0 Å². The molecule has 0 aromatic carbocycles. The summed E-state index contributed by atoms with van der Waals surface area (Å²) in [5.74, 6) is -0.575. The number of aliphatic hydroxyl groups is 1. The summed E-state index contributed by atoms with van der Waals surface area (Å²) >= 11 is 0. The summed E-state index contributed by atoms with van der Waals surface area (Å²) in [5, 5.41) is 9.40. The third-order valence-electron chi connectivity index (χ3n) is 1.62. The predicted octanol–water partition coefficient (Wildman–Crippen LogP) is -1.20. The number of ether oxygens (including phenoxy) is 2. The zero-order valence-electron chi connectivity index (χ0n) is 10.3. The van der Waals surface area contributed by atoms with Crippen LogP contribution >= 0.6 is 0 Å². The SMILES string of the molecule is CC(C)OCCOCC(O)CNOCC(N)=O. The van der Waals surface area contributed by atoms with E-state index in [0.29, 0.717) is 13.2 Å². The summed E-state index contributed by atoms with van der Waals surface area (Å²) in [6.07, 6.45) is -0.533. The minimum absolute atomic E-state index is 0.165. The zero-order chi connectivity index (χ0) is 13.1. The lowest BCUT2D eigenvalue weighted by atomic mass is 10.4. The molecule has 0 spiro atoms. The van der Waals surface area contributed by atoms with Gasteiger partial charge in [0.15, 0.2) is 0 Å². The molecule has 4 N–H and O–H groups in total. The fourth-order valence-electron chi connectivity index (χ4n) is 0.898. The summed E-state index contributed by atoms with van der Waals surface area (Å²) in [6.45, 7) is 4.92. The van der Waals surface area contributed by atoms with Crippen molar-refractivity contribution in [3.63, 3.8) is 0 Å². The van der Waals surface area contributed by atoms with Gasteiger partial charge in [0.1, 0.15) is 6.61 Å². The monoisotopic (exact) mass is 250 g/mol. The van der Waals surface area contributed by atoms with Crippen LogP contribution in [0, 0.1) is 0 Å². The zero-order valence-corrected chi connectivity index (χ0v) is 10.3. The molecule has 0 radical (unpaired) electrons. The molecule has 7 nitrogen and oxygen atoms in total. The van der Waals surface area contributed by atoms with E-state index in [9.17, 15) is 9.90 Å². The number of aliphatic hydroxyl groups excluding tert-OH is 1. The van der Waals surface area contributed by atoms with Gasteiger partial charge in [-0.05, 0) is 13.8 Å². The van der Waals surface area contributed by atoms with Gasteiger partial charge in [-0.1, -0.05) is 0 Å². The fraction of sp³-hybridized carbons (Fsp3) is 0.900. The topological polar surface area (TPSA) is 103 Å². The van der Waals surface area contributed by atoms with Crippen molar-refractivity contribution in [1.82, 2.24) is 5.48 Å². The highest BCUT2D eigenvalue weighted by atomic mass is 16.6. The largest absolute Gasteiger partial charge is 0.389 e. The number of amides is 1. The van der Waals surface area contributed by atoms with Crippen LogP contribution in [-0.4, -0.2) is 56.2 Å². The number of primary amides is 1. The minimum atomic E-state index is -0.707. The predicted molar refractivity (Wildman–Crippen MR) is 61.1 cm³/mol. The van der Waals surface area contributed by atoms with Crippen molar-refractivity contribution in [2.24, 2.45) is 5.73 Å². The standard InChI is InChI=1S/C10H22N2O5/c1-8(2)16-4-3-15-6-9(13)5-12-17-7-10(11)14/h8-9,12-13H,3-7H2,1-2H3,(H2,11,14). The Labute approximate surface area is 101 Å². The number of hydrogen-bond donors (Lipinski definition) is 3. The Morgan fingerprint density at radius 3 is 2.71 bits per heavy atom. The van der Waals surface area contributed by atoms with Gasteiger partial charge in [-0.3, -0.25) is 9.63 Å². The van der Waals surface area contributed by atoms with Gasteiger partial charge in [-0.25, -0.2) is 0 Å². The average molecular weight is 250 g/mol. The van der Waals surface area contributed by atoms with Crippen LogP contribution in [0.15, 0.2) is 0 Å². The Hall–Kier alpha value is -0.730. The van der Waals surface area contributed by atoms with Crippen molar-refractivity contribution in [2.45, 2.75) is 26.1 Å². The van der Waals surface area contributed by atoms with Crippen molar-refractivity contribution < 1.29 is 24.2 Å². The van der Waals surface area contributed by atoms with Gasteiger partial charge < -0.3 is 20.3 Å². The summed E-state index contributed by atoms with van der Waals surface area (Å²) in [7, 11) is 0. The molecule has 0 aromatic heterocycles. The molecule has 0 aliphatic rings. The van der Waals surface area contributed by atoms with Crippen LogP contribution in [0.5, 0.6) is 0 Å². The second-order valence-corrected chi connectivity index (χ2v) is 3.75. The molecule has 7 heteroatoms. The summed E-state index contributed by atoms with van der Waals surface area (Å²) in [6, 6.07) is 0. The van der Waals surface area contributed by atoms with Gasteiger partial charge in [0, 0.05) is 6.54 Å². The molecule has 0 aliphatic heterocycles. The Kier molecular flexibility index (Phi) is 9.98. The summed E-state index contributed by atoms with van der Waals surface area (Å²) in [5.41, 5.74) is 7.26. The molecule has 0 fully saturated rings. The number of rotatable bonds is 11. The van der Waals surface area contributed by atoms with E-state index in [4.69, 9.17) is 15.2 Å². The molecule has 0 heterocycles. The molecular weight excluding hydrogens is 228 g/mol. The summed E-state index contributed by atoms with van der Waals surface area (Å²) < 4.78 is 10.4. The van der Waals surface area contributed by atoms with Gasteiger partial charge in [-0.2, -0.15) is 5.48 Å². The van der Waals surface area contributed by atoms with Gasteiger partial charge in [0.2, 0.25) is 5.91 Å². The molecule has 0 aliphatic carbocycles. The number of nitrogens with two attached hydrogens (primary N) is 1. The molecular formula is C10H22N2O5. The molecule has 1 atom stereocenters. The second-order valence-electron chi connectivity index (χ2n) is 3.75. The molecule has 0 saturated carbocycles. The first-order valence-electron chi connectivity index (χ1n) is 5.52. The van der Waals surface area contributed by atoms with Crippen molar-refractivity contribution in [2.75, 3.05) is 33.0 Å². The van der Waals surface area contributed by atoms with E-state index in [1.165, 1.54) is 0 Å². The van der Waals surface area contributed by atoms with Gasteiger partial charge in [0.25, 0.3) is 0 Å². The second kappa shape index (κ2) is 10.4. The normalized spacial score (nSPS) is 12.9. The number of hydrogen-bond acceptors (Lipinski definition) is 6. The highest BCUT2D eigenvalue weighted by Crippen LogP contribution is 1.89. The van der Waals surface area contributed by atoms with Crippen LogP contribution in [0.25, 0.3) is 0 Å². The number of carbonyl (C=O) groups excluding carboxylic acids is 1. The molecule has 102 valence electrons. The molecule has 0 rings (SSSR count). The first-order chi connectivity index (χ1) is 8.02. The maximum Gasteiger partial charge on any atom is 0.245 e. The maximum absolute atomic E-state index is 10.3. The lowest BCUT2D eigenvalue weighted by Crippen LogP contribution is -2.33. The minimum Gasteiger partial charge on any atom is -0.389 e. The number of nitrogens with one attached hydrogen (secondary N) is 1. The molecule has 17 heavy (non-hydrogen) atoms. The molecule has 0 saturated heterocycles. The van der Waals surface area contributed by atoms with Crippen LogP contribution < -0.4 is 11.2 Å². The van der Waals surface area contributed by atoms with E-state index in [1.54, 1.807) is 0 Å². The van der Waals surface area contributed by atoms with E-state index >= 15 is 0 Å². The van der Waals surface area contributed by atoms with E-state index in [-0.39, 0.29) is 25.9 Å². The lowest BCUT2D eigenvalue weighted by molar-refractivity contribution is -0.126. The van der Waals surface area contributed by atoms with E-state index in [2.05, 4.69) is 10.3 Å². The smallest absolute Gasteiger partial charge is 0.245 e. The Balaban J connectivity index is 3.23. The van der Waals surface area contributed by atoms with Gasteiger partial charge >= 0.3 is 0 Å². The van der Waals surface area contributed by atoms with Gasteiger partial charge in [-0.15, -0.1) is 0 Å². The van der Waals surface area contributed by atoms with Crippen LogP contribution in [-0.2, 0) is 19.1 Å². The van der Waals surface area contributed by atoms with Crippen LogP contribution in [0.2, 0.25) is 0 Å². The van der Waals surface area contributed by atoms with Crippen LogP contribution in [0.3, 0.4) is 0 Å².